The van der Waals surface area contributed by atoms with E-state index in [2.05, 4.69) is 0 Å². The van der Waals surface area contributed by atoms with Crippen LogP contribution in [0.25, 0.3) is 0 Å². The number of hydrogen-bond acceptors (Lipinski definition) is 5. The lowest BCUT2D eigenvalue weighted by Crippen LogP contribution is -2.50. The lowest BCUT2D eigenvalue weighted by molar-refractivity contribution is -0.384. The lowest BCUT2D eigenvalue weighted by atomic mass is 10.1. The number of carbonyl (C=O) groups excluding carboxylic acids is 1. The summed E-state index contributed by atoms with van der Waals surface area (Å²) in [4.78, 5) is 27.0. The molecule has 0 saturated carbocycles. The Hall–Kier alpha value is -1.93. The number of rotatable bonds is 5. The molecular weight excluding hydrogens is 488 g/mol. The van der Waals surface area contributed by atoms with Gasteiger partial charge < -0.3 is 14.5 Å². The molecule has 1 aliphatic rings. The van der Waals surface area contributed by atoms with Gasteiger partial charge in [-0.3, -0.25) is 14.9 Å². The highest BCUT2D eigenvalue weighted by atomic mass is 35.5. The zero-order valence-electron chi connectivity index (χ0n) is 16.8. The zero-order valence-corrected chi connectivity index (χ0v) is 19.8. The number of nitrogens with zero attached hydrogens (tertiary/aromatic N) is 3. The summed E-state index contributed by atoms with van der Waals surface area (Å²) in [6, 6.07) is 4.56. The van der Waals surface area contributed by atoms with Gasteiger partial charge in [0.15, 0.2) is 12.4 Å². The van der Waals surface area contributed by atoms with E-state index >= 15 is 0 Å². The molecule has 1 fully saturated rings. The highest BCUT2D eigenvalue weighted by Gasteiger charge is 2.27. The van der Waals surface area contributed by atoms with Crippen molar-refractivity contribution in [2.24, 2.45) is 0 Å². The van der Waals surface area contributed by atoms with Crippen molar-refractivity contribution in [1.82, 2.24) is 4.90 Å². The van der Waals surface area contributed by atoms with Gasteiger partial charge in [0, 0.05) is 42.3 Å². The Morgan fingerprint density at radius 3 is 2.16 bits per heavy atom. The van der Waals surface area contributed by atoms with Crippen LogP contribution in [-0.4, -0.2) is 48.5 Å². The number of nitro groups is 1. The van der Waals surface area contributed by atoms with Crippen molar-refractivity contribution in [2.75, 3.05) is 37.7 Å². The van der Waals surface area contributed by atoms with Crippen molar-refractivity contribution in [1.29, 1.82) is 0 Å². The fourth-order valence-corrected chi connectivity index (χ4v) is 4.36. The lowest BCUT2D eigenvalue weighted by Gasteiger charge is -2.35. The first-order chi connectivity index (χ1) is 14.6. The average molecular weight is 507 g/mol. The summed E-state index contributed by atoms with van der Waals surface area (Å²) in [5.41, 5.74) is 1.67. The predicted octanol–water partition coefficient (Wildman–Crippen LogP) is 5.55. The number of carbonyl (C=O) groups is 1. The van der Waals surface area contributed by atoms with Crippen molar-refractivity contribution in [3.05, 3.63) is 59.5 Å². The minimum absolute atomic E-state index is 0.0617. The van der Waals surface area contributed by atoms with Crippen LogP contribution in [0.2, 0.25) is 20.1 Å². The Balaban J connectivity index is 1.64. The summed E-state index contributed by atoms with van der Waals surface area (Å²) in [5, 5.41) is 12.6. The van der Waals surface area contributed by atoms with E-state index < -0.39 is 4.92 Å². The maximum Gasteiger partial charge on any atom is 0.294 e. The van der Waals surface area contributed by atoms with Gasteiger partial charge >= 0.3 is 0 Å². The molecule has 0 aromatic heterocycles. The molecule has 0 atom stereocenters. The molecule has 7 nitrogen and oxygen atoms in total. The molecule has 1 saturated heterocycles. The number of piperazine rings is 1. The van der Waals surface area contributed by atoms with Gasteiger partial charge in [-0.25, -0.2) is 0 Å². The molecular formula is C20H19Cl4N3O4. The normalized spacial score (nSPS) is 14.0. The Kier molecular flexibility index (Phi) is 7.42. The number of halogens is 4. The first-order valence-corrected chi connectivity index (χ1v) is 10.9. The van der Waals surface area contributed by atoms with Crippen molar-refractivity contribution < 1.29 is 14.5 Å². The third kappa shape index (κ3) is 4.95. The SMILES string of the molecule is Cc1c(Cl)c(C)c(Cl)c(OCC(=O)N2CCN(c3ccc(Cl)cc3[N+](=O)[O-])CC2)c1Cl. The second kappa shape index (κ2) is 9.69. The molecule has 0 aliphatic carbocycles. The summed E-state index contributed by atoms with van der Waals surface area (Å²) in [6.07, 6.45) is 0. The molecule has 1 aliphatic heterocycles. The number of ether oxygens (including phenoxy) is 1. The average Bonchev–Trinajstić information content (AvgIpc) is 2.76. The number of benzene rings is 2. The molecule has 31 heavy (non-hydrogen) atoms. The number of anilines is 1. The molecule has 2 aromatic carbocycles. The Morgan fingerprint density at radius 2 is 1.61 bits per heavy atom. The second-order valence-electron chi connectivity index (χ2n) is 7.07. The highest BCUT2D eigenvalue weighted by Crippen LogP contribution is 2.42. The third-order valence-corrected chi connectivity index (χ3v) is 6.88. The number of nitro benzene ring substituents is 1. The van der Waals surface area contributed by atoms with Gasteiger partial charge in [0.2, 0.25) is 0 Å². The highest BCUT2D eigenvalue weighted by molar-refractivity contribution is 6.42. The van der Waals surface area contributed by atoms with Gasteiger partial charge in [0.05, 0.1) is 15.0 Å². The topological polar surface area (TPSA) is 75.9 Å². The third-order valence-electron chi connectivity index (χ3n) is 5.16. The van der Waals surface area contributed by atoms with E-state index in [0.717, 1.165) is 0 Å². The van der Waals surface area contributed by atoms with Crippen LogP contribution in [0.5, 0.6) is 5.75 Å². The van der Waals surface area contributed by atoms with Crippen molar-refractivity contribution >= 4 is 63.7 Å². The standard InChI is InChI=1S/C20H19Cl4N3O4/c1-11-17(22)12(2)19(24)20(18(11)23)31-10-16(28)26-7-5-25(6-8-26)14-4-3-13(21)9-15(14)27(29)30/h3-4,9H,5-8,10H2,1-2H3. The first-order valence-electron chi connectivity index (χ1n) is 9.35. The minimum Gasteiger partial charge on any atom is -0.481 e. The molecule has 1 amide bonds. The van der Waals surface area contributed by atoms with Gasteiger partial charge in [-0.1, -0.05) is 46.4 Å². The summed E-state index contributed by atoms with van der Waals surface area (Å²) in [6.45, 7) is 4.92. The van der Waals surface area contributed by atoms with E-state index in [-0.39, 0.29) is 34.0 Å². The maximum absolute atomic E-state index is 12.6. The maximum atomic E-state index is 12.6. The molecule has 11 heteroatoms. The van der Waals surface area contributed by atoms with Crippen LogP contribution in [0.3, 0.4) is 0 Å². The Morgan fingerprint density at radius 1 is 1.03 bits per heavy atom. The molecule has 166 valence electrons. The number of hydrogen-bond donors (Lipinski definition) is 0. The van der Waals surface area contributed by atoms with Crippen LogP contribution in [0.4, 0.5) is 11.4 Å². The van der Waals surface area contributed by atoms with E-state index in [1.54, 1.807) is 30.9 Å². The van der Waals surface area contributed by atoms with E-state index in [1.807, 2.05) is 4.90 Å². The molecule has 2 aromatic rings. The van der Waals surface area contributed by atoms with Crippen molar-refractivity contribution in [3.8, 4) is 5.75 Å². The van der Waals surface area contributed by atoms with Gasteiger partial charge in [0.1, 0.15) is 5.69 Å². The van der Waals surface area contributed by atoms with Crippen LogP contribution in [0.15, 0.2) is 18.2 Å². The van der Waals surface area contributed by atoms with Crippen LogP contribution in [0.1, 0.15) is 11.1 Å². The summed E-state index contributed by atoms with van der Waals surface area (Å²) in [7, 11) is 0. The van der Waals surface area contributed by atoms with E-state index in [0.29, 0.717) is 53.0 Å². The largest absolute Gasteiger partial charge is 0.481 e. The zero-order chi connectivity index (χ0) is 22.9. The van der Waals surface area contributed by atoms with Gasteiger partial charge in [-0.2, -0.15) is 0 Å². The van der Waals surface area contributed by atoms with Crippen LogP contribution in [-0.2, 0) is 4.79 Å². The van der Waals surface area contributed by atoms with E-state index in [1.165, 1.54) is 6.07 Å². The summed E-state index contributed by atoms with van der Waals surface area (Å²) in [5.74, 6) is -0.00541. The number of amides is 1. The predicted molar refractivity (Wildman–Crippen MR) is 123 cm³/mol. The second-order valence-corrected chi connectivity index (χ2v) is 8.64. The molecule has 3 rings (SSSR count). The van der Waals surface area contributed by atoms with Crippen molar-refractivity contribution in [3.63, 3.8) is 0 Å². The van der Waals surface area contributed by atoms with Gasteiger partial charge in [-0.05, 0) is 37.1 Å². The summed E-state index contributed by atoms with van der Waals surface area (Å²) < 4.78 is 5.64. The van der Waals surface area contributed by atoms with Crippen molar-refractivity contribution in [2.45, 2.75) is 13.8 Å². The fourth-order valence-electron chi connectivity index (χ4n) is 3.37. The molecule has 1 heterocycles. The smallest absolute Gasteiger partial charge is 0.294 e. The molecule has 0 N–H and O–H groups in total. The van der Waals surface area contributed by atoms with Crippen LogP contribution < -0.4 is 9.64 Å². The quantitative estimate of drug-likeness (QED) is 0.392. The van der Waals surface area contributed by atoms with Crippen LogP contribution in [0, 0.1) is 24.0 Å². The van der Waals surface area contributed by atoms with Gasteiger partial charge in [0.25, 0.3) is 11.6 Å². The molecule has 0 spiro atoms. The first kappa shape index (κ1) is 23.7. The monoisotopic (exact) mass is 505 g/mol. The Labute approximate surface area is 199 Å². The molecule has 0 radical (unpaired) electrons. The molecule has 0 unspecified atom stereocenters. The summed E-state index contributed by atoms with van der Waals surface area (Å²) >= 11 is 24.7. The van der Waals surface area contributed by atoms with Crippen LogP contribution >= 0.6 is 46.4 Å². The van der Waals surface area contributed by atoms with E-state index in [4.69, 9.17) is 51.1 Å². The Bertz CT molecular complexity index is 1010. The molecule has 0 bridgehead atoms. The van der Waals surface area contributed by atoms with Gasteiger partial charge in [-0.15, -0.1) is 0 Å². The minimum atomic E-state index is -0.462. The van der Waals surface area contributed by atoms with E-state index in [9.17, 15) is 14.9 Å². The fraction of sp³-hybridized carbons (Fsp3) is 0.350.